The minimum Gasteiger partial charge on any atom is -0.481 e. The van der Waals surface area contributed by atoms with Crippen LogP contribution >= 0.6 is 0 Å². The van der Waals surface area contributed by atoms with Crippen molar-refractivity contribution in [3.8, 4) is 5.88 Å². The standard InChI is InChI=1S/C14H16N4O2/c1-15-12-5-3-4-11(18-12)14(19)17-9-10-6-7-16-13(8-10)20-2/h3-8H,9H2,1-2H3,(H,15,18)(H,17,19). The molecule has 0 fully saturated rings. The van der Waals surface area contributed by atoms with Crippen LogP contribution in [0.15, 0.2) is 36.5 Å². The summed E-state index contributed by atoms with van der Waals surface area (Å²) in [6, 6.07) is 8.84. The predicted octanol–water partition coefficient (Wildman–Crippen LogP) is 1.46. The summed E-state index contributed by atoms with van der Waals surface area (Å²) < 4.78 is 5.03. The van der Waals surface area contributed by atoms with Gasteiger partial charge >= 0.3 is 0 Å². The Morgan fingerprint density at radius 2 is 2.20 bits per heavy atom. The van der Waals surface area contributed by atoms with Gasteiger partial charge < -0.3 is 15.4 Å². The monoisotopic (exact) mass is 272 g/mol. The molecular weight excluding hydrogens is 256 g/mol. The number of amides is 1. The molecule has 0 atom stereocenters. The number of rotatable bonds is 5. The molecule has 0 aliphatic rings. The van der Waals surface area contributed by atoms with Crippen LogP contribution in [-0.4, -0.2) is 30.0 Å². The second kappa shape index (κ2) is 6.51. The lowest BCUT2D eigenvalue weighted by molar-refractivity contribution is 0.0946. The Morgan fingerprint density at radius 1 is 1.35 bits per heavy atom. The molecule has 2 rings (SSSR count). The molecule has 0 aliphatic heterocycles. The Hall–Kier alpha value is -2.63. The van der Waals surface area contributed by atoms with E-state index >= 15 is 0 Å². The number of hydrogen-bond acceptors (Lipinski definition) is 5. The van der Waals surface area contributed by atoms with Crippen molar-refractivity contribution < 1.29 is 9.53 Å². The quantitative estimate of drug-likeness (QED) is 0.861. The van der Waals surface area contributed by atoms with Crippen molar-refractivity contribution in [2.45, 2.75) is 6.54 Å². The van der Waals surface area contributed by atoms with Gasteiger partial charge in [0.2, 0.25) is 5.88 Å². The molecule has 1 amide bonds. The fourth-order valence-corrected chi connectivity index (χ4v) is 1.65. The van der Waals surface area contributed by atoms with Crippen LogP contribution in [0, 0.1) is 0 Å². The minimum absolute atomic E-state index is 0.224. The lowest BCUT2D eigenvalue weighted by atomic mass is 10.2. The van der Waals surface area contributed by atoms with Crippen LogP contribution in [0.1, 0.15) is 16.1 Å². The van der Waals surface area contributed by atoms with E-state index in [1.54, 1.807) is 44.6 Å². The van der Waals surface area contributed by atoms with Crippen LogP contribution in [-0.2, 0) is 6.54 Å². The summed E-state index contributed by atoms with van der Waals surface area (Å²) >= 11 is 0. The first kappa shape index (κ1) is 13.8. The number of carbonyl (C=O) groups excluding carboxylic acids is 1. The molecule has 0 spiro atoms. The zero-order chi connectivity index (χ0) is 14.4. The Kier molecular flexibility index (Phi) is 4.49. The number of aromatic nitrogens is 2. The van der Waals surface area contributed by atoms with Gasteiger partial charge in [-0.25, -0.2) is 9.97 Å². The van der Waals surface area contributed by atoms with Crippen molar-refractivity contribution in [2.75, 3.05) is 19.5 Å². The van der Waals surface area contributed by atoms with Gasteiger partial charge in [-0.3, -0.25) is 4.79 Å². The highest BCUT2D eigenvalue weighted by Gasteiger charge is 2.07. The molecule has 6 nitrogen and oxygen atoms in total. The van der Waals surface area contributed by atoms with Crippen LogP contribution in [0.2, 0.25) is 0 Å². The molecule has 0 unspecified atom stereocenters. The van der Waals surface area contributed by atoms with E-state index in [-0.39, 0.29) is 5.91 Å². The number of methoxy groups -OCH3 is 1. The SMILES string of the molecule is CNc1cccc(C(=O)NCc2ccnc(OC)c2)n1. The van der Waals surface area contributed by atoms with E-state index in [9.17, 15) is 4.79 Å². The van der Waals surface area contributed by atoms with E-state index in [2.05, 4.69) is 20.6 Å². The molecular formula is C14H16N4O2. The summed E-state index contributed by atoms with van der Waals surface area (Å²) in [5.74, 6) is 0.952. The maximum atomic E-state index is 12.0. The third kappa shape index (κ3) is 3.44. The van der Waals surface area contributed by atoms with Gasteiger partial charge in [0, 0.05) is 25.9 Å². The minimum atomic E-state index is -0.224. The molecule has 104 valence electrons. The highest BCUT2D eigenvalue weighted by Crippen LogP contribution is 2.09. The van der Waals surface area contributed by atoms with Gasteiger partial charge in [0.05, 0.1) is 7.11 Å². The van der Waals surface area contributed by atoms with Gasteiger partial charge in [-0.2, -0.15) is 0 Å². The van der Waals surface area contributed by atoms with E-state index < -0.39 is 0 Å². The van der Waals surface area contributed by atoms with Crippen LogP contribution in [0.4, 0.5) is 5.82 Å². The number of ether oxygens (including phenoxy) is 1. The third-order valence-electron chi connectivity index (χ3n) is 2.70. The number of hydrogen-bond donors (Lipinski definition) is 2. The summed E-state index contributed by atoms with van der Waals surface area (Å²) in [6.45, 7) is 0.392. The van der Waals surface area contributed by atoms with Crippen molar-refractivity contribution in [2.24, 2.45) is 0 Å². The summed E-state index contributed by atoms with van der Waals surface area (Å²) in [5.41, 5.74) is 1.29. The fourth-order valence-electron chi connectivity index (χ4n) is 1.65. The molecule has 2 aromatic rings. The van der Waals surface area contributed by atoms with Crippen LogP contribution < -0.4 is 15.4 Å². The lowest BCUT2D eigenvalue weighted by Gasteiger charge is -2.07. The number of nitrogens with one attached hydrogen (secondary N) is 2. The van der Waals surface area contributed by atoms with Crippen LogP contribution in [0.25, 0.3) is 0 Å². The smallest absolute Gasteiger partial charge is 0.270 e. The van der Waals surface area contributed by atoms with Gasteiger partial charge in [-0.1, -0.05) is 6.07 Å². The van der Waals surface area contributed by atoms with Gasteiger partial charge in [0.25, 0.3) is 5.91 Å². The Balaban J connectivity index is 2.00. The van der Waals surface area contributed by atoms with Crippen LogP contribution in [0.3, 0.4) is 0 Å². The van der Waals surface area contributed by atoms with Gasteiger partial charge in [0.15, 0.2) is 0 Å². The van der Waals surface area contributed by atoms with Crippen molar-refractivity contribution in [1.29, 1.82) is 0 Å². The normalized spacial score (nSPS) is 9.90. The second-order valence-corrected chi connectivity index (χ2v) is 4.05. The molecule has 2 N–H and O–H groups in total. The van der Waals surface area contributed by atoms with Crippen molar-refractivity contribution in [1.82, 2.24) is 15.3 Å². The summed E-state index contributed by atoms with van der Waals surface area (Å²) in [5, 5.41) is 5.70. The van der Waals surface area contributed by atoms with E-state index in [0.29, 0.717) is 23.9 Å². The largest absolute Gasteiger partial charge is 0.481 e. The second-order valence-electron chi connectivity index (χ2n) is 4.05. The van der Waals surface area contributed by atoms with Gasteiger partial charge in [-0.15, -0.1) is 0 Å². The van der Waals surface area contributed by atoms with E-state index in [4.69, 9.17) is 4.74 Å². The van der Waals surface area contributed by atoms with Crippen LogP contribution in [0.5, 0.6) is 5.88 Å². The average Bonchev–Trinajstić information content (AvgIpc) is 2.52. The van der Waals surface area contributed by atoms with E-state index in [0.717, 1.165) is 5.56 Å². The molecule has 20 heavy (non-hydrogen) atoms. The number of nitrogens with zero attached hydrogens (tertiary/aromatic N) is 2. The van der Waals surface area contributed by atoms with Gasteiger partial charge in [0.1, 0.15) is 11.5 Å². The lowest BCUT2D eigenvalue weighted by Crippen LogP contribution is -2.24. The highest BCUT2D eigenvalue weighted by molar-refractivity contribution is 5.92. The maximum Gasteiger partial charge on any atom is 0.270 e. The van der Waals surface area contributed by atoms with Crippen molar-refractivity contribution >= 4 is 11.7 Å². The molecule has 6 heteroatoms. The first-order chi connectivity index (χ1) is 9.72. The summed E-state index contributed by atoms with van der Waals surface area (Å²) in [7, 11) is 3.31. The molecule has 0 radical (unpaired) electrons. The number of anilines is 1. The fraction of sp³-hybridized carbons (Fsp3) is 0.214. The van der Waals surface area contributed by atoms with E-state index in [1.165, 1.54) is 0 Å². The average molecular weight is 272 g/mol. The number of pyridine rings is 2. The maximum absolute atomic E-state index is 12.0. The Bertz CT molecular complexity index is 601. The van der Waals surface area contributed by atoms with Crippen molar-refractivity contribution in [3.05, 3.63) is 47.8 Å². The topological polar surface area (TPSA) is 76.1 Å². The highest BCUT2D eigenvalue weighted by atomic mass is 16.5. The Morgan fingerprint density at radius 3 is 2.95 bits per heavy atom. The first-order valence-corrected chi connectivity index (χ1v) is 6.15. The summed E-state index contributed by atoms with van der Waals surface area (Å²) in [4.78, 5) is 20.2. The predicted molar refractivity (Wildman–Crippen MR) is 75.7 cm³/mol. The first-order valence-electron chi connectivity index (χ1n) is 6.15. The summed E-state index contributed by atoms with van der Waals surface area (Å²) in [6.07, 6.45) is 1.64. The molecule has 0 bridgehead atoms. The molecule has 0 saturated carbocycles. The van der Waals surface area contributed by atoms with Gasteiger partial charge in [-0.05, 0) is 23.8 Å². The molecule has 0 saturated heterocycles. The zero-order valence-electron chi connectivity index (χ0n) is 11.4. The number of carbonyl (C=O) groups is 1. The molecule has 0 aromatic carbocycles. The zero-order valence-corrected chi connectivity index (χ0v) is 11.4. The molecule has 0 aliphatic carbocycles. The van der Waals surface area contributed by atoms with E-state index in [1.807, 2.05) is 6.07 Å². The molecule has 2 heterocycles. The third-order valence-corrected chi connectivity index (χ3v) is 2.70. The molecule has 2 aromatic heterocycles. The Labute approximate surface area is 117 Å². The van der Waals surface area contributed by atoms with Crippen molar-refractivity contribution in [3.63, 3.8) is 0 Å².